The quantitative estimate of drug-likeness (QED) is 0.667. The summed E-state index contributed by atoms with van der Waals surface area (Å²) in [4.78, 5) is 11.8. The van der Waals surface area contributed by atoms with Gasteiger partial charge in [0.1, 0.15) is 6.10 Å². The molecule has 0 radical (unpaired) electrons. The van der Waals surface area contributed by atoms with Crippen LogP contribution in [-0.4, -0.2) is 38.4 Å². The molecular formula is C15H24O4. The predicted octanol–water partition coefficient (Wildman–Crippen LogP) is 1.18. The standard InChI is InChI=1S/C15H24O4/c1-9-7-11(16)12(17)14(4)6-5-10(13(2,3)18)8-15(9,14)19/h7,10,12,17-19H,5-6,8H2,1-4H3/t10-,12+,14+,15-/m1/s1. The Hall–Kier alpha value is -0.710. The zero-order chi connectivity index (χ0) is 14.6. The molecule has 0 saturated heterocycles. The Balaban J connectivity index is 2.45. The molecule has 0 amide bonds. The van der Waals surface area contributed by atoms with Gasteiger partial charge in [0.2, 0.25) is 0 Å². The van der Waals surface area contributed by atoms with E-state index in [0.29, 0.717) is 24.8 Å². The van der Waals surface area contributed by atoms with Gasteiger partial charge in [-0.15, -0.1) is 0 Å². The molecule has 2 rings (SSSR count). The number of carbonyl (C=O) groups excluding carboxylic acids is 1. The molecule has 0 bridgehead atoms. The first kappa shape index (κ1) is 14.7. The normalized spacial score (nSPS) is 43.7. The molecule has 2 aliphatic rings. The van der Waals surface area contributed by atoms with Gasteiger partial charge < -0.3 is 15.3 Å². The van der Waals surface area contributed by atoms with E-state index in [1.54, 1.807) is 27.7 Å². The zero-order valence-electron chi connectivity index (χ0n) is 12.1. The first-order valence-electron chi connectivity index (χ1n) is 6.88. The second-order valence-electron chi connectivity index (χ2n) is 7.00. The van der Waals surface area contributed by atoms with Gasteiger partial charge in [0.15, 0.2) is 5.78 Å². The average molecular weight is 268 g/mol. The SMILES string of the molecule is CC1=CC(=O)[C@H](O)[C@]2(C)CC[C@@H](C(C)(C)O)C[C@@]12O. The number of ketones is 1. The fourth-order valence-electron chi connectivity index (χ4n) is 3.68. The Bertz CT molecular complexity index is 434. The van der Waals surface area contributed by atoms with E-state index >= 15 is 0 Å². The summed E-state index contributed by atoms with van der Waals surface area (Å²) in [5, 5.41) is 31.4. The highest BCUT2D eigenvalue weighted by Gasteiger charge is 2.60. The van der Waals surface area contributed by atoms with Crippen LogP contribution in [0, 0.1) is 11.3 Å². The Labute approximate surface area is 114 Å². The Kier molecular flexibility index (Phi) is 3.20. The molecule has 3 N–H and O–H groups in total. The first-order valence-corrected chi connectivity index (χ1v) is 6.88. The summed E-state index contributed by atoms with van der Waals surface area (Å²) in [6.07, 6.45) is 1.78. The Morgan fingerprint density at radius 3 is 2.53 bits per heavy atom. The third-order valence-electron chi connectivity index (χ3n) is 5.38. The highest BCUT2D eigenvalue weighted by molar-refractivity contribution is 5.96. The second kappa shape index (κ2) is 4.14. The van der Waals surface area contributed by atoms with Crippen molar-refractivity contribution in [2.75, 3.05) is 0 Å². The predicted molar refractivity (Wildman–Crippen MR) is 71.5 cm³/mol. The molecule has 0 aromatic carbocycles. The first-order chi connectivity index (χ1) is 8.52. The summed E-state index contributed by atoms with van der Waals surface area (Å²) in [6, 6.07) is 0. The summed E-state index contributed by atoms with van der Waals surface area (Å²) >= 11 is 0. The van der Waals surface area contributed by atoms with E-state index in [4.69, 9.17) is 0 Å². The minimum Gasteiger partial charge on any atom is -0.390 e. The number of rotatable bonds is 1. The van der Waals surface area contributed by atoms with Crippen LogP contribution in [0.15, 0.2) is 11.6 Å². The van der Waals surface area contributed by atoms with Gasteiger partial charge in [-0.3, -0.25) is 4.79 Å². The molecule has 0 unspecified atom stereocenters. The van der Waals surface area contributed by atoms with Crippen molar-refractivity contribution < 1.29 is 20.1 Å². The van der Waals surface area contributed by atoms with E-state index in [2.05, 4.69) is 0 Å². The fourth-order valence-corrected chi connectivity index (χ4v) is 3.68. The van der Waals surface area contributed by atoms with Crippen LogP contribution in [0.25, 0.3) is 0 Å². The van der Waals surface area contributed by atoms with Gasteiger partial charge in [-0.2, -0.15) is 0 Å². The van der Waals surface area contributed by atoms with Gasteiger partial charge in [-0.1, -0.05) is 6.92 Å². The van der Waals surface area contributed by atoms with Crippen LogP contribution in [0.2, 0.25) is 0 Å². The van der Waals surface area contributed by atoms with Crippen LogP contribution in [0.5, 0.6) is 0 Å². The van der Waals surface area contributed by atoms with Crippen molar-refractivity contribution in [3.63, 3.8) is 0 Å². The monoisotopic (exact) mass is 268 g/mol. The van der Waals surface area contributed by atoms with Gasteiger partial charge in [0, 0.05) is 5.41 Å². The van der Waals surface area contributed by atoms with Gasteiger partial charge in [-0.05, 0) is 57.6 Å². The van der Waals surface area contributed by atoms with E-state index in [-0.39, 0.29) is 11.7 Å². The summed E-state index contributed by atoms with van der Waals surface area (Å²) in [7, 11) is 0. The van der Waals surface area contributed by atoms with Gasteiger partial charge >= 0.3 is 0 Å². The lowest BCUT2D eigenvalue weighted by atomic mass is 9.52. The van der Waals surface area contributed by atoms with E-state index in [9.17, 15) is 20.1 Å². The van der Waals surface area contributed by atoms with Crippen molar-refractivity contribution in [3.8, 4) is 0 Å². The van der Waals surface area contributed by atoms with E-state index < -0.39 is 22.7 Å². The number of aliphatic hydroxyl groups is 3. The second-order valence-corrected chi connectivity index (χ2v) is 7.00. The third kappa shape index (κ3) is 1.97. The smallest absolute Gasteiger partial charge is 0.184 e. The van der Waals surface area contributed by atoms with Crippen molar-refractivity contribution in [3.05, 3.63) is 11.6 Å². The summed E-state index contributed by atoms with van der Waals surface area (Å²) < 4.78 is 0. The Morgan fingerprint density at radius 1 is 1.42 bits per heavy atom. The number of hydrogen-bond donors (Lipinski definition) is 3. The molecule has 1 saturated carbocycles. The number of hydrogen-bond acceptors (Lipinski definition) is 4. The molecule has 0 aromatic rings. The van der Waals surface area contributed by atoms with E-state index in [1.165, 1.54) is 6.08 Å². The van der Waals surface area contributed by atoms with Crippen LogP contribution >= 0.6 is 0 Å². The van der Waals surface area contributed by atoms with Crippen LogP contribution in [0.3, 0.4) is 0 Å². The van der Waals surface area contributed by atoms with E-state index in [0.717, 1.165) is 0 Å². The average Bonchev–Trinajstić information content (AvgIpc) is 2.28. The molecule has 0 aromatic heterocycles. The maximum atomic E-state index is 11.8. The molecule has 4 nitrogen and oxygen atoms in total. The van der Waals surface area contributed by atoms with E-state index in [1.807, 2.05) is 0 Å². The van der Waals surface area contributed by atoms with Crippen molar-refractivity contribution >= 4 is 5.78 Å². The minimum absolute atomic E-state index is 0.0469. The fraction of sp³-hybridized carbons (Fsp3) is 0.800. The summed E-state index contributed by atoms with van der Waals surface area (Å²) in [5.41, 5.74) is -2.35. The number of carbonyl (C=O) groups is 1. The van der Waals surface area contributed by atoms with Crippen LogP contribution in [0.1, 0.15) is 47.0 Å². The number of fused-ring (bicyclic) bond motifs is 1. The molecule has 19 heavy (non-hydrogen) atoms. The maximum Gasteiger partial charge on any atom is 0.184 e. The Morgan fingerprint density at radius 2 is 2.00 bits per heavy atom. The molecule has 0 heterocycles. The molecule has 4 heteroatoms. The number of aliphatic hydroxyl groups excluding tert-OH is 1. The van der Waals surface area contributed by atoms with Gasteiger partial charge in [-0.25, -0.2) is 0 Å². The molecule has 4 atom stereocenters. The zero-order valence-corrected chi connectivity index (χ0v) is 12.1. The lowest BCUT2D eigenvalue weighted by Gasteiger charge is -2.56. The lowest BCUT2D eigenvalue weighted by Crippen LogP contribution is -2.63. The molecule has 0 spiro atoms. The van der Waals surface area contributed by atoms with Crippen molar-refractivity contribution in [1.82, 2.24) is 0 Å². The summed E-state index contributed by atoms with van der Waals surface area (Å²) in [5.74, 6) is -0.374. The van der Waals surface area contributed by atoms with Crippen molar-refractivity contribution in [2.45, 2.75) is 64.3 Å². The van der Waals surface area contributed by atoms with Gasteiger partial charge in [0.05, 0.1) is 11.2 Å². The van der Waals surface area contributed by atoms with Crippen LogP contribution < -0.4 is 0 Å². The van der Waals surface area contributed by atoms with Crippen molar-refractivity contribution in [1.29, 1.82) is 0 Å². The molecule has 108 valence electrons. The molecule has 2 aliphatic carbocycles. The molecule has 1 fully saturated rings. The maximum absolute atomic E-state index is 11.8. The highest BCUT2D eigenvalue weighted by atomic mass is 16.3. The lowest BCUT2D eigenvalue weighted by molar-refractivity contribution is -0.179. The largest absolute Gasteiger partial charge is 0.390 e. The van der Waals surface area contributed by atoms with Gasteiger partial charge in [0.25, 0.3) is 0 Å². The highest BCUT2D eigenvalue weighted by Crippen LogP contribution is 2.55. The van der Waals surface area contributed by atoms with Crippen LogP contribution in [0.4, 0.5) is 0 Å². The molecular weight excluding hydrogens is 244 g/mol. The molecule has 0 aliphatic heterocycles. The van der Waals surface area contributed by atoms with Crippen LogP contribution in [-0.2, 0) is 4.79 Å². The topological polar surface area (TPSA) is 77.8 Å². The van der Waals surface area contributed by atoms with Crippen molar-refractivity contribution in [2.24, 2.45) is 11.3 Å². The minimum atomic E-state index is -1.22. The summed E-state index contributed by atoms with van der Waals surface area (Å²) in [6.45, 7) is 6.99. The third-order valence-corrected chi connectivity index (χ3v) is 5.38.